The summed E-state index contributed by atoms with van der Waals surface area (Å²) in [7, 11) is 0. The summed E-state index contributed by atoms with van der Waals surface area (Å²) in [4.78, 5) is 11.6. The van der Waals surface area contributed by atoms with E-state index in [9.17, 15) is 4.79 Å². The van der Waals surface area contributed by atoms with E-state index in [2.05, 4.69) is 5.32 Å². The van der Waals surface area contributed by atoms with E-state index in [1.54, 1.807) is 18.4 Å². The fourth-order valence-electron chi connectivity index (χ4n) is 1.28. The Morgan fingerprint density at radius 3 is 2.87 bits per heavy atom. The molecule has 0 aliphatic rings. The fraction of sp³-hybridized carbons (Fsp3) is 0.182. The number of carbonyl (C=O) groups is 1. The number of carbonyl (C=O) groups excluding carboxylic acids is 1. The van der Waals surface area contributed by atoms with Gasteiger partial charge in [0.1, 0.15) is 12.0 Å². The van der Waals surface area contributed by atoms with Gasteiger partial charge in [-0.05, 0) is 25.1 Å². The highest BCUT2D eigenvalue weighted by atomic mass is 16.3. The topological polar surface area (TPSA) is 55.4 Å². The minimum atomic E-state index is -0.173. The minimum absolute atomic E-state index is 0.151. The molecule has 2 rings (SSSR count). The van der Waals surface area contributed by atoms with Crippen LogP contribution >= 0.6 is 0 Å². The lowest BCUT2D eigenvalue weighted by Crippen LogP contribution is -2.25. The number of amides is 1. The molecule has 0 fully saturated rings. The number of hydrogen-bond acceptors (Lipinski definition) is 3. The SMILES string of the molecule is CC(NC(=O)c1ccoc1)c1ccco1. The van der Waals surface area contributed by atoms with Crippen molar-refractivity contribution in [2.45, 2.75) is 13.0 Å². The maximum absolute atomic E-state index is 11.6. The Bertz CT molecular complexity index is 417. The van der Waals surface area contributed by atoms with Gasteiger partial charge in [0.25, 0.3) is 5.91 Å². The minimum Gasteiger partial charge on any atom is -0.472 e. The Hall–Kier alpha value is -1.97. The van der Waals surface area contributed by atoms with Gasteiger partial charge in [-0.3, -0.25) is 4.79 Å². The van der Waals surface area contributed by atoms with Crippen LogP contribution in [-0.2, 0) is 0 Å². The van der Waals surface area contributed by atoms with E-state index in [-0.39, 0.29) is 11.9 Å². The number of rotatable bonds is 3. The van der Waals surface area contributed by atoms with Gasteiger partial charge in [0.05, 0.1) is 24.1 Å². The fourth-order valence-corrected chi connectivity index (χ4v) is 1.28. The number of hydrogen-bond donors (Lipinski definition) is 1. The molecule has 2 heterocycles. The van der Waals surface area contributed by atoms with Gasteiger partial charge in [0, 0.05) is 0 Å². The van der Waals surface area contributed by atoms with Crippen molar-refractivity contribution >= 4 is 5.91 Å². The highest BCUT2D eigenvalue weighted by Gasteiger charge is 2.13. The molecule has 1 atom stereocenters. The van der Waals surface area contributed by atoms with Crippen LogP contribution in [0.25, 0.3) is 0 Å². The third-order valence-electron chi connectivity index (χ3n) is 2.10. The third-order valence-corrected chi connectivity index (χ3v) is 2.10. The Labute approximate surface area is 86.9 Å². The molecule has 1 unspecified atom stereocenters. The monoisotopic (exact) mass is 205 g/mol. The van der Waals surface area contributed by atoms with Crippen LogP contribution < -0.4 is 5.32 Å². The first kappa shape index (κ1) is 9.58. The Balaban J connectivity index is 2.01. The summed E-state index contributed by atoms with van der Waals surface area (Å²) in [5.41, 5.74) is 0.508. The van der Waals surface area contributed by atoms with Crippen LogP contribution in [0.5, 0.6) is 0 Å². The van der Waals surface area contributed by atoms with Crippen molar-refractivity contribution < 1.29 is 13.6 Å². The molecule has 1 amide bonds. The molecule has 4 nitrogen and oxygen atoms in total. The molecule has 15 heavy (non-hydrogen) atoms. The maximum atomic E-state index is 11.6. The van der Waals surface area contributed by atoms with Crippen molar-refractivity contribution in [1.29, 1.82) is 0 Å². The van der Waals surface area contributed by atoms with Crippen LogP contribution in [0.2, 0.25) is 0 Å². The van der Waals surface area contributed by atoms with E-state index in [1.165, 1.54) is 12.5 Å². The van der Waals surface area contributed by atoms with E-state index in [0.717, 1.165) is 5.76 Å². The lowest BCUT2D eigenvalue weighted by Gasteiger charge is -2.09. The molecule has 78 valence electrons. The quantitative estimate of drug-likeness (QED) is 0.836. The van der Waals surface area contributed by atoms with Crippen molar-refractivity contribution in [2.24, 2.45) is 0 Å². The standard InChI is InChI=1S/C11H11NO3/c1-8(10-3-2-5-15-10)12-11(13)9-4-6-14-7-9/h2-8H,1H3,(H,12,13). The molecule has 0 bridgehead atoms. The zero-order valence-electron chi connectivity index (χ0n) is 8.27. The first-order valence-electron chi connectivity index (χ1n) is 4.64. The summed E-state index contributed by atoms with van der Waals surface area (Å²) >= 11 is 0. The maximum Gasteiger partial charge on any atom is 0.255 e. The molecule has 0 saturated carbocycles. The number of furan rings is 2. The van der Waals surface area contributed by atoms with Crippen molar-refractivity contribution in [3.05, 3.63) is 48.3 Å². The highest BCUT2D eigenvalue weighted by molar-refractivity contribution is 5.93. The average Bonchev–Trinajstić information content (AvgIpc) is 2.91. The van der Waals surface area contributed by atoms with Crippen LogP contribution in [0.1, 0.15) is 29.1 Å². The first-order valence-corrected chi connectivity index (χ1v) is 4.64. The van der Waals surface area contributed by atoms with E-state index in [1.807, 2.05) is 13.0 Å². The zero-order valence-corrected chi connectivity index (χ0v) is 8.27. The molecule has 2 aromatic heterocycles. The smallest absolute Gasteiger partial charge is 0.255 e. The van der Waals surface area contributed by atoms with Crippen LogP contribution in [-0.4, -0.2) is 5.91 Å². The van der Waals surface area contributed by atoms with E-state index in [4.69, 9.17) is 8.83 Å². The third kappa shape index (κ3) is 2.10. The summed E-state index contributed by atoms with van der Waals surface area (Å²) in [5.74, 6) is 0.555. The molecule has 0 radical (unpaired) electrons. The molecule has 0 spiro atoms. The predicted molar refractivity (Wildman–Crippen MR) is 53.3 cm³/mol. The normalized spacial score (nSPS) is 12.3. The van der Waals surface area contributed by atoms with Gasteiger partial charge in [0.15, 0.2) is 0 Å². The second kappa shape index (κ2) is 4.04. The second-order valence-electron chi connectivity index (χ2n) is 3.22. The largest absolute Gasteiger partial charge is 0.472 e. The molecular weight excluding hydrogens is 194 g/mol. The van der Waals surface area contributed by atoms with Crippen LogP contribution in [0.15, 0.2) is 45.8 Å². The van der Waals surface area contributed by atoms with Gasteiger partial charge >= 0.3 is 0 Å². The Morgan fingerprint density at radius 1 is 1.40 bits per heavy atom. The van der Waals surface area contributed by atoms with E-state index < -0.39 is 0 Å². The molecule has 4 heteroatoms. The molecule has 0 aliphatic carbocycles. The first-order chi connectivity index (χ1) is 7.27. The average molecular weight is 205 g/mol. The lowest BCUT2D eigenvalue weighted by molar-refractivity contribution is 0.0934. The lowest BCUT2D eigenvalue weighted by atomic mass is 10.2. The molecule has 1 N–H and O–H groups in total. The Morgan fingerprint density at radius 2 is 2.27 bits per heavy atom. The molecular formula is C11H11NO3. The van der Waals surface area contributed by atoms with Crippen LogP contribution in [0.4, 0.5) is 0 Å². The predicted octanol–water partition coefficient (Wildman–Crippen LogP) is 2.36. The van der Waals surface area contributed by atoms with E-state index in [0.29, 0.717) is 5.56 Å². The summed E-state index contributed by atoms with van der Waals surface area (Å²) < 4.78 is 10.00. The van der Waals surface area contributed by atoms with Crippen LogP contribution in [0, 0.1) is 0 Å². The van der Waals surface area contributed by atoms with Gasteiger partial charge in [-0.25, -0.2) is 0 Å². The van der Waals surface area contributed by atoms with Crippen molar-refractivity contribution in [3.63, 3.8) is 0 Å². The zero-order chi connectivity index (χ0) is 10.7. The summed E-state index contributed by atoms with van der Waals surface area (Å²) in [6.07, 6.45) is 4.45. The molecule has 0 aliphatic heterocycles. The second-order valence-corrected chi connectivity index (χ2v) is 3.22. The van der Waals surface area contributed by atoms with Crippen molar-refractivity contribution in [1.82, 2.24) is 5.32 Å². The summed E-state index contributed by atoms with van der Waals surface area (Å²) in [5, 5.41) is 2.79. The Kier molecular flexibility index (Phi) is 2.58. The van der Waals surface area contributed by atoms with Crippen LogP contribution in [0.3, 0.4) is 0 Å². The molecule has 2 aromatic rings. The van der Waals surface area contributed by atoms with Gasteiger partial charge in [-0.2, -0.15) is 0 Å². The molecule has 0 aromatic carbocycles. The van der Waals surface area contributed by atoms with E-state index >= 15 is 0 Å². The van der Waals surface area contributed by atoms with Gasteiger partial charge in [0.2, 0.25) is 0 Å². The van der Waals surface area contributed by atoms with Gasteiger partial charge in [-0.1, -0.05) is 0 Å². The van der Waals surface area contributed by atoms with Crippen molar-refractivity contribution in [2.75, 3.05) is 0 Å². The summed E-state index contributed by atoms with van der Waals surface area (Å²) in [6.45, 7) is 1.86. The molecule has 0 saturated heterocycles. The summed E-state index contributed by atoms with van der Waals surface area (Å²) in [6, 6.07) is 5.07. The highest BCUT2D eigenvalue weighted by Crippen LogP contribution is 2.13. The van der Waals surface area contributed by atoms with Crippen molar-refractivity contribution in [3.8, 4) is 0 Å². The number of nitrogens with one attached hydrogen (secondary N) is 1. The van der Waals surface area contributed by atoms with Gasteiger partial charge in [-0.15, -0.1) is 0 Å². The van der Waals surface area contributed by atoms with Gasteiger partial charge < -0.3 is 14.2 Å².